The van der Waals surface area contributed by atoms with Gasteiger partial charge in [0, 0.05) is 20.8 Å². The lowest BCUT2D eigenvalue weighted by Gasteiger charge is -2.31. The minimum Gasteiger partial charge on any atom is -0.370 e. The van der Waals surface area contributed by atoms with E-state index >= 15 is 0 Å². The Morgan fingerprint density at radius 2 is 2.18 bits per heavy atom. The summed E-state index contributed by atoms with van der Waals surface area (Å²) in [5, 5.41) is 2.14. The smallest absolute Gasteiger partial charge is 0.192 e. The van der Waals surface area contributed by atoms with Gasteiger partial charge in [-0.1, -0.05) is 12.8 Å². The second-order valence-corrected chi connectivity index (χ2v) is 6.59. The molecule has 1 atom stereocenters. The molecule has 1 fully saturated rings. The molecule has 1 saturated carbocycles. The fourth-order valence-electron chi connectivity index (χ4n) is 2.86. The van der Waals surface area contributed by atoms with Gasteiger partial charge in [-0.2, -0.15) is 0 Å². The summed E-state index contributed by atoms with van der Waals surface area (Å²) in [7, 11) is 0. The van der Waals surface area contributed by atoms with E-state index in [1.54, 1.807) is 11.3 Å². The summed E-state index contributed by atoms with van der Waals surface area (Å²) in [6, 6.07) is 3.17. The summed E-state index contributed by atoms with van der Waals surface area (Å²) < 4.78 is 1.16. The van der Waals surface area contributed by atoms with Crippen LogP contribution in [0.4, 0.5) is 0 Å². The summed E-state index contributed by atoms with van der Waals surface area (Å²) in [6.07, 6.45) is 5.18. The van der Waals surface area contributed by atoms with Gasteiger partial charge in [0.2, 0.25) is 0 Å². The summed E-state index contributed by atoms with van der Waals surface area (Å²) in [6.45, 7) is 0.815. The molecule has 1 aliphatic carbocycles. The molecule has 1 aromatic rings. The third-order valence-corrected chi connectivity index (χ3v) is 5.46. The molecule has 92 valence electrons. The minimum absolute atomic E-state index is 0.370. The van der Waals surface area contributed by atoms with Gasteiger partial charge in [0.15, 0.2) is 5.96 Å². The van der Waals surface area contributed by atoms with Crippen molar-refractivity contribution in [2.75, 3.05) is 6.54 Å². The highest BCUT2D eigenvalue weighted by molar-refractivity contribution is 9.10. The van der Waals surface area contributed by atoms with Gasteiger partial charge in [0.1, 0.15) is 0 Å². The van der Waals surface area contributed by atoms with Gasteiger partial charge in [-0.05, 0) is 34.8 Å². The number of guanidine groups is 1. The Morgan fingerprint density at radius 3 is 2.82 bits per heavy atom. The lowest BCUT2D eigenvalue weighted by molar-refractivity contribution is 0.265. The van der Waals surface area contributed by atoms with Gasteiger partial charge in [0.05, 0.1) is 12.6 Å². The predicted octanol–water partition coefficient (Wildman–Crippen LogP) is 3.12. The van der Waals surface area contributed by atoms with E-state index in [0.717, 1.165) is 17.0 Å². The number of nitrogens with zero attached hydrogens (tertiary/aromatic N) is 2. The molecule has 2 N–H and O–H groups in total. The number of halogens is 1. The fraction of sp³-hybridized carbons (Fsp3) is 0.583. The van der Waals surface area contributed by atoms with Crippen LogP contribution in [0.3, 0.4) is 0 Å². The van der Waals surface area contributed by atoms with Crippen molar-refractivity contribution < 1.29 is 0 Å². The second-order valence-electron chi connectivity index (χ2n) is 4.73. The van der Waals surface area contributed by atoms with Crippen molar-refractivity contribution in [1.82, 2.24) is 4.90 Å². The number of hydrogen-bond donors (Lipinski definition) is 1. The van der Waals surface area contributed by atoms with Crippen molar-refractivity contribution in [3.8, 4) is 0 Å². The maximum Gasteiger partial charge on any atom is 0.192 e. The van der Waals surface area contributed by atoms with Crippen molar-refractivity contribution in [3.63, 3.8) is 0 Å². The first-order valence-corrected chi connectivity index (χ1v) is 7.75. The Labute approximate surface area is 114 Å². The van der Waals surface area contributed by atoms with Crippen LogP contribution in [0.5, 0.6) is 0 Å². The molecule has 3 nitrogen and oxygen atoms in total. The van der Waals surface area contributed by atoms with Crippen molar-refractivity contribution in [2.45, 2.75) is 37.8 Å². The van der Waals surface area contributed by atoms with Gasteiger partial charge in [0.25, 0.3) is 0 Å². The average Bonchev–Trinajstić information content (AvgIpc) is 2.97. The molecule has 0 amide bonds. The molecule has 1 aromatic heterocycles. The van der Waals surface area contributed by atoms with Crippen molar-refractivity contribution >= 4 is 33.2 Å². The first-order valence-electron chi connectivity index (χ1n) is 6.08. The average molecular weight is 314 g/mol. The molecule has 0 radical (unpaired) electrons. The largest absolute Gasteiger partial charge is 0.370 e. The zero-order chi connectivity index (χ0) is 11.8. The Balaban J connectivity index is 1.85. The summed E-state index contributed by atoms with van der Waals surface area (Å²) >= 11 is 5.31. The van der Waals surface area contributed by atoms with Gasteiger partial charge >= 0.3 is 0 Å². The standard InChI is InChI=1S/C12H16BrN3S/c13-8-5-11(17-7-8)10-6-15-12(14)16(10)9-3-1-2-4-9/h5,7,9-10H,1-4,6H2,(H2,14,15). The number of nitrogens with two attached hydrogens (primary N) is 1. The molecule has 3 rings (SSSR count). The van der Waals surface area contributed by atoms with E-state index in [4.69, 9.17) is 5.73 Å². The van der Waals surface area contributed by atoms with E-state index in [1.807, 2.05) is 0 Å². The summed E-state index contributed by atoms with van der Waals surface area (Å²) in [4.78, 5) is 8.16. The van der Waals surface area contributed by atoms with Gasteiger partial charge < -0.3 is 10.6 Å². The van der Waals surface area contributed by atoms with Crippen LogP contribution in [-0.4, -0.2) is 23.4 Å². The highest BCUT2D eigenvalue weighted by Gasteiger charge is 2.35. The Bertz CT molecular complexity index is 437. The minimum atomic E-state index is 0.370. The van der Waals surface area contributed by atoms with Crippen LogP contribution < -0.4 is 5.73 Å². The van der Waals surface area contributed by atoms with Crippen LogP contribution in [0, 0.1) is 0 Å². The molecule has 0 saturated heterocycles. The molecule has 5 heteroatoms. The zero-order valence-corrected chi connectivity index (χ0v) is 12.0. The summed E-state index contributed by atoms with van der Waals surface area (Å²) in [5.41, 5.74) is 6.06. The maximum absolute atomic E-state index is 6.06. The second kappa shape index (κ2) is 4.61. The van der Waals surface area contributed by atoms with E-state index in [2.05, 4.69) is 37.3 Å². The van der Waals surface area contributed by atoms with Gasteiger partial charge in [-0.25, -0.2) is 0 Å². The van der Waals surface area contributed by atoms with Crippen molar-refractivity contribution in [2.24, 2.45) is 10.7 Å². The molecule has 0 aromatic carbocycles. The van der Waals surface area contributed by atoms with Gasteiger partial charge in [-0.3, -0.25) is 4.99 Å². The van der Waals surface area contributed by atoms with E-state index in [0.29, 0.717) is 12.1 Å². The lowest BCUT2D eigenvalue weighted by Crippen LogP contribution is -2.42. The number of thiophene rings is 1. The van der Waals surface area contributed by atoms with Gasteiger partial charge in [-0.15, -0.1) is 11.3 Å². The Morgan fingerprint density at radius 1 is 1.41 bits per heavy atom. The number of hydrogen-bond acceptors (Lipinski definition) is 4. The van der Waals surface area contributed by atoms with Crippen LogP contribution in [0.15, 0.2) is 20.9 Å². The van der Waals surface area contributed by atoms with Crippen molar-refractivity contribution in [3.05, 3.63) is 20.8 Å². The first kappa shape index (κ1) is 11.5. The molecule has 0 bridgehead atoms. The normalized spacial score (nSPS) is 25.6. The predicted molar refractivity (Wildman–Crippen MR) is 75.3 cm³/mol. The molecule has 2 aliphatic rings. The third-order valence-electron chi connectivity index (χ3n) is 3.66. The monoisotopic (exact) mass is 313 g/mol. The SMILES string of the molecule is NC1=NCC(c2cc(Br)cs2)N1C1CCCC1. The molecule has 17 heavy (non-hydrogen) atoms. The highest BCUT2D eigenvalue weighted by atomic mass is 79.9. The van der Waals surface area contributed by atoms with Crippen LogP contribution >= 0.6 is 27.3 Å². The topological polar surface area (TPSA) is 41.6 Å². The lowest BCUT2D eigenvalue weighted by atomic mass is 10.1. The number of aliphatic imine (C=N–C) groups is 1. The molecular formula is C12H16BrN3S. The van der Waals surface area contributed by atoms with Crippen LogP contribution in [-0.2, 0) is 0 Å². The first-order chi connectivity index (χ1) is 8.25. The van der Waals surface area contributed by atoms with E-state index in [1.165, 1.54) is 30.6 Å². The Hall–Kier alpha value is -0.550. The van der Waals surface area contributed by atoms with Crippen LogP contribution in [0.2, 0.25) is 0 Å². The highest BCUT2D eigenvalue weighted by Crippen LogP contribution is 2.37. The van der Waals surface area contributed by atoms with E-state index in [-0.39, 0.29) is 0 Å². The molecule has 0 spiro atoms. The third kappa shape index (κ3) is 2.10. The van der Waals surface area contributed by atoms with E-state index in [9.17, 15) is 0 Å². The quantitative estimate of drug-likeness (QED) is 0.911. The van der Waals surface area contributed by atoms with E-state index < -0.39 is 0 Å². The molecule has 1 unspecified atom stereocenters. The van der Waals surface area contributed by atoms with Crippen LogP contribution in [0.25, 0.3) is 0 Å². The van der Waals surface area contributed by atoms with Crippen molar-refractivity contribution in [1.29, 1.82) is 0 Å². The molecular weight excluding hydrogens is 298 g/mol. The molecule has 1 aliphatic heterocycles. The fourth-order valence-corrected chi connectivity index (χ4v) is 4.40. The number of rotatable bonds is 2. The maximum atomic E-state index is 6.06. The Kier molecular flexibility index (Phi) is 3.13. The van der Waals surface area contributed by atoms with Crippen LogP contribution in [0.1, 0.15) is 36.6 Å². The molecule has 2 heterocycles. The summed E-state index contributed by atoms with van der Waals surface area (Å²) in [5.74, 6) is 0.742. The zero-order valence-electron chi connectivity index (χ0n) is 9.60.